The van der Waals surface area contributed by atoms with E-state index >= 15 is 0 Å². The van der Waals surface area contributed by atoms with Crippen LogP contribution in [0.15, 0.2) is 4.99 Å². The van der Waals surface area contributed by atoms with Crippen molar-refractivity contribution in [3.8, 4) is 0 Å². The molecular weight excluding hydrogens is 178 g/mol. The van der Waals surface area contributed by atoms with Gasteiger partial charge in [0.05, 0.1) is 0 Å². The topological polar surface area (TPSA) is 12.4 Å². The van der Waals surface area contributed by atoms with E-state index in [9.17, 15) is 0 Å². The Balaban J connectivity index is 0.000000250. The minimum absolute atomic E-state index is 0. The zero-order chi connectivity index (χ0) is 3.54. The molecule has 0 aromatic heterocycles. The molecule has 1 heterocycles. The van der Waals surface area contributed by atoms with E-state index in [0.29, 0.717) is 0 Å². The van der Waals surface area contributed by atoms with Gasteiger partial charge in [0.2, 0.25) is 0 Å². The molecule has 0 atom stereocenters. The Kier molecular flexibility index (Phi) is 4.34. The van der Waals surface area contributed by atoms with E-state index in [2.05, 4.69) is 10.5 Å². The van der Waals surface area contributed by atoms with Crippen LogP contribution in [0.4, 0.5) is 0 Å². The van der Waals surface area contributed by atoms with Gasteiger partial charge < -0.3 is 22.3 Å². The van der Waals surface area contributed by atoms with Crippen molar-refractivity contribution >= 4 is 17.3 Å². The number of nitrogens with zero attached hydrogens (tertiary/aromatic N) is 1. The molecule has 0 spiro atoms. The minimum Gasteiger partial charge on any atom is -0.492 e. The van der Waals surface area contributed by atoms with Crippen molar-refractivity contribution in [2.75, 3.05) is 12.3 Å². The molecule has 6 heavy (non-hydrogen) atoms. The second-order valence-electron chi connectivity index (χ2n) is 0.821. The van der Waals surface area contributed by atoms with Crippen LogP contribution in [0.3, 0.4) is 0 Å². The average Bonchev–Trinajstić information content (AvgIpc) is 1.76. The fraction of sp³-hybridized carbons (Fsp3) is 0.667. The number of rotatable bonds is 0. The summed E-state index contributed by atoms with van der Waals surface area (Å²) >= 11 is 1.66. The predicted molar refractivity (Wildman–Crippen MR) is 24.8 cm³/mol. The zero-order valence-corrected chi connectivity index (χ0v) is 6.00. The van der Waals surface area contributed by atoms with Gasteiger partial charge >= 0.3 is 0 Å². The third kappa shape index (κ3) is 1.99. The quantitative estimate of drug-likeness (QED) is 0.395. The molecule has 1 rings (SSSR count). The average molecular weight is 182 g/mol. The van der Waals surface area contributed by atoms with Crippen LogP contribution in [0.5, 0.6) is 0 Å². The Bertz CT molecular complexity index is 48.8. The van der Waals surface area contributed by atoms with Crippen molar-refractivity contribution in [3.05, 3.63) is 0 Å². The number of hydrogen-bond donors (Lipinski definition) is 0. The van der Waals surface area contributed by atoms with Gasteiger partial charge in [-0.3, -0.25) is 0 Å². The van der Waals surface area contributed by atoms with Gasteiger partial charge in [-0.05, 0) is 5.75 Å². The molecular formula is C3H4MoNS-. The van der Waals surface area contributed by atoms with E-state index in [1.807, 2.05) is 0 Å². The fourth-order valence-corrected chi connectivity index (χ4v) is 0.685. The van der Waals surface area contributed by atoms with Gasteiger partial charge in [-0.25, -0.2) is 0 Å². The van der Waals surface area contributed by atoms with Crippen LogP contribution in [0.2, 0.25) is 0 Å². The number of hydrogen-bond acceptors (Lipinski definition) is 2. The Labute approximate surface area is 55.9 Å². The molecule has 0 radical (unpaired) electrons. The molecule has 0 unspecified atom stereocenters. The predicted octanol–water partition coefficient (Wildman–Crippen LogP) is 0.636. The van der Waals surface area contributed by atoms with Crippen molar-refractivity contribution in [1.29, 1.82) is 0 Å². The van der Waals surface area contributed by atoms with Crippen LogP contribution >= 0.6 is 11.8 Å². The second-order valence-corrected chi connectivity index (χ2v) is 1.70. The standard InChI is InChI=1S/C3H4NS.Mo/c1-2-5-3-4-1;/h1-2H2;/q-1;. The third-order valence-corrected chi connectivity index (χ3v) is 1.08. The SMILES string of the molecule is [C-]1=NCCS1.[Mo]. The molecule has 1 aliphatic heterocycles. The maximum Gasteiger partial charge on any atom is 0.00735 e. The Morgan fingerprint density at radius 3 is 2.67 bits per heavy atom. The summed E-state index contributed by atoms with van der Waals surface area (Å²) in [5, 5.41) is 0. The summed E-state index contributed by atoms with van der Waals surface area (Å²) in [4.78, 5) is 3.80. The first-order valence-corrected chi connectivity index (χ1v) is 2.52. The van der Waals surface area contributed by atoms with Crippen molar-refractivity contribution in [2.24, 2.45) is 4.99 Å². The van der Waals surface area contributed by atoms with E-state index in [-0.39, 0.29) is 21.1 Å². The summed E-state index contributed by atoms with van der Waals surface area (Å²) in [5.74, 6) is 1.14. The maximum atomic E-state index is 3.80. The van der Waals surface area contributed by atoms with Crippen LogP contribution in [-0.4, -0.2) is 17.8 Å². The second kappa shape index (κ2) is 3.88. The van der Waals surface area contributed by atoms with Crippen LogP contribution in [0.25, 0.3) is 0 Å². The summed E-state index contributed by atoms with van der Waals surface area (Å²) in [6.07, 6.45) is 0. The molecule has 0 aromatic carbocycles. The van der Waals surface area contributed by atoms with Crippen molar-refractivity contribution in [2.45, 2.75) is 0 Å². The smallest absolute Gasteiger partial charge is 0.00735 e. The largest absolute Gasteiger partial charge is 0.492 e. The van der Waals surface area contributed by atoms with E-state index in [1.165, 1.54) is 0 Å². The van der Waals surface area contributed by atoms with E-state index in [0.717, 1.165) is 12.3 Å². The Morgan fingerprint density at radius 1 is 1.67 bits per heavy atom. The van der Waals surface area contributed by atoms with Gasteiger partial charge in [-0.2, -0.15) is 0 Å². The van der Waals surface area contributed by atoms with Gasteiger partial charge in [0.25, 0.3) is 0 Å². The van der Waals surface area contributed by atoms with Crippen LogP contribution in [0, 0.1) is 0 Å². The minimum atomic E-state index is 0. The summed E-state index contributed by atoms with van der Waals surface area (Å²) < 4.78 is 0. The Morgan fingerprint density at radius 2 is 2.50 bits per heavy atom. The molecule has 0 saturated heterocycles. The fourth-order valence-electron chi connectivity index (χ4n) is 0.228. The number of thioether (sulfide) groups is 1. The Hall–Kier alpha value is 0.708. The van der Waals surface area contributed by atoms with Gasteiger partial charge in [0.1, 0.15) is 0 Å². The van der Waals surface area contributed by atoms with Crippen LogP contribution < -0.4 is 0 Å². The third-order valence-electron chi connectivity index (χ3n) is 0.434. The molecule has 34 valence electrons. The first-order chi connectivity index (χ1) is 2.50. The van der Waals surface area contributed by atoms with Crippen LogP contribution in [-0.2, 0) is 21.1 Å². The van der Waals surface area contributed by atoms with Crippen molar-refractivity contribution < 1.29 is 21.1 Å². The maximum absolute atomic E-state index is 3.80. The first-order valence-electron chi connectivity index (χ1n) is 1.53. The number of aliphatic imine (C=N–C) groups is 1. The molecule has 0 aliphatic carbocycles. The van der Waals surface area contributed by atoms with Gasteiger partial charge in [-0.15, -0.1) is 0 Å². The molecule has 0 amide bonds. The molecule has 0 aromatic rings. The molecule has 3 heteroatoms. The zero-order valence-electron chi connectivity index (χ0n) is 3.18. The van der Waals surface area contributed by atoms with Crippen molar-refractivity contribution in [3.63, 3.8) is 0 Å². The van der Waals surface area contributed by atoms with Gasteiger partial charge in [0, 0.05) is 27.6 Å². The van der Waals surface area contributed by atoms with Gasteiger partial charge in [-0.1, -0.05) is 0 Å². The van der Waals surface area contributed by atoms with Gasteiger partial charge in [0.15, 0.2) is 0 Å². The summed E-state index contributed by atoms with van der Waals surface area (Å²) in [5.41, 5.74) is 2.76. The van der Waals surface area contributed by atoms with E-state index in [4.69, 9.17) is 0 Å². The first kappa shape index (κ1) is 6.71. The molecule has 0 N–H and O–H groups in total. The molecule has 1 nitrogen and oxygen atoms in total. The van der Waals surface area contributed by atoms with E-state index in [1.54, 1.807) is 11.8 Å². The van der Waals surface area contributed by atoms with Crippen LogP contribution in [0.1, 0.15) is 0 Å². The summed E-state index contributed by atoms with van der Waals surface area (Å²) in [7, 11) is 0. The molecule has 0 saturated carbocycles. The summed E-state index contributed by atoms with van der Waals surface area (Å²) in [6.45, 7) is 0.977. The molecule has 0 bridgehead atoms. The normalized spacial score (nSPS) is 17.3. The molecule has 1 aliphatic rings. The summed E-state index contributed by atoms with van der Waals surface area (Å²) in [6, 6.07) is 0. The molecule has 0 fully saturated rings. The van der Waals surface area contributed by atoms with E-state index < -0.39 is 0 Å². The monoisotopic (exact) mass is 184 g/mol. The van der Waals surface area contributed by atoms with Crippen molar-refractivity contribution in [1.82, 2.24) is 0 Å².